The molecule has 9 nitrogen and oxygen atoms in total. The maximum absolute atomic E-state index is 9.66. The van der Waals surface area contributed by atoms with Gasteiger partial charge in [0.1, 0.15) is 18.3 Å². The van der Waals surface area contributed by atoms with Crippen LogP contribution in [0, 0.1) is 0 Å². The van der Waals surface area contributed by atoms with E-state index in [0.29, 0.717) is 0 Å². The third-order valence-corrected chi connectivity index (χ3v) is 2.20. The monoisotopic (exact) mass is 221 g/mol. The first-order valence-electron chi connectivity index (χ1n) is 4.06. The van der Waals surface area contributed by atoms with Gasteiger partial charge in [0.25, 0.3) is 0 Å². The number of aliphatic hydroxyl groups excluding tert-OH is 4. The Labute approximate surface area is 83.8 Å². The lowest BCUT2D eigenvalue weighted by molar-refractivity contribution is -0.319. The van der Waals surface area contributed by atoms with E-state index >= 15 is 0 Å². The molecular weight excluding hydrogens is 210 g/mol. The van der Waals surface area contributed by atoms with Gasteiger partial charge in [0.15, 0.2) is 6.29 Å². The van der Waals surface area contributed by atoms with Gasteiger partial charge in [-0.25, -0.2) is 0 Å². The third-order valence-electron chi connectivity index (χ3n) is 2.20. The Kier molecular flexibility index (Phi) is 3.47. The van der Waals surface area contributed by atoms with Crippen LogP contribution in [0.4, 0.5) is 0 Å². The fourth-order valence-electron chi connectivity index (χ4n) is 1.32. The molecule has 15 heavy (non-hydrogen) atoms. The number of nitrogens with zero attached hydrogens (tertiary/aromatic N) is 3. The average molecular weight is 221 g/mol. The van der Waals surface area contributed by atoms with E-state index in [1.807, 2.05) is 0 Å². The quantitative estimate of drug-likeness (QED) is 0.195. The molecule has 5 atom stereocenters. The molecule has 1 rings (SSSR count). The Hall–Kier alpha value is -0.930. The first kappa shape index (κ1) is 12.1. The highest BCUT2D eigenvalue weighted by Gasteiger charge is 2.54. The number of rotatable bonds is 2. The second-order valence-electron chi connectivity index (χ2n) is 3.11. The summed E-state index contributed by atoms with van der Waals surface area (Å²) in [6, 6.07) is 0. The predicted molar refractivity (Wildman–Crippen MR) is 44.1 cm³/mol. The maximum atomic E-state index is 9.66. The second kappa shape index (κ2) is 4.29. The van der Waals surface area contributed by atoms with Crippen LogP contribution in [0.25, 0.3) is 10.4 Å². The Balaban J connectivity index is 3.04. The third kappa shape index (κ3) is 1.90. The minimum Gasteiger partial charge on any atom is -0.394 e. The van der Waals surface area contributed by atoms with Crippen molar-refractivity contribution in [1.82, 2.24) is 0 Å². The van der Waals surface area contributed by atoms with E-state index in [1.54, 1.807) is 0 Å². The standard InChI is InChI=1S/C6H11N3O6/c7-9-8-6(14)2(1-10)15-5(13)3(11)4(6)12/h2-5,10-14H,1H2/t2-,3-,4-,5+,6-/m1/s1. The Bertz CT molecular complexity index is 278. The van der Waals surface area contributed by atoms with Crippen LogP contribution in [0.5, 0.6) is 0 Å². The van der Waals surface area contributed by atoms with Gasteiger partial charge in [-0.05, 0) is 5.53 Å². The molecule has 1 aliphatic rings. The van der Waals surface area contributed by atoms with Crippen LogP contribution < -0.4 is 0 Å². The number of azide groups is 1. The summed E-state index contributed by atoms with van der Waals surface area (Å²) >= 11 is 0. The van der Waals surface area contributed by atoms with Crippen LogP contribution in [0.2, 0.25) is 0 Å². The average Bonchev–Trinajstić information content (AvgIpc) is 2.21. The molecular formula is C6H11N3O6. The molecule has 0 unspecified atom stereocenters. The highest BCUT2D eigenvalue weighted by Crippen LogP contribution is 2.30. The highest BCUT2D eigenvalue weighted by atomic mass is 16.6. The number of hydrogen-bond donors (Lipinski definition) is 5. The van der Waals surface area contributed by atoms with Gasteiger partial charge in [0, 0.05) is 4.91 Å². The Morgan fingerprint density at radius 2 is 2.00 bits per heavy atom. The normalized spacial score (nSPS) is 45.9. The van der Waals surface area contributed by atoms with Gasteiger partial charge in [-0.3, -0.25) is 0 Å². The molecule has 86 valence electrons. The minimum atomic E-state index is -2.51. The summed E-state index contributed by atoms with van der Waals surface area (Å²) in [4.78, 5) is 2.27. The van der Waals surface area contributed by atoms with Crippen molar-refractivity contribution in [3.8, 4) is 0 Å². The van der Waals surface area contributed by atoms with E-state index in [9.17, 15) is 15.3 Å². The van der Waals surface area contributed by atoms with Gasteiger partial charge in [-0.15, -0.1) is 0 Å². The number of hydrogen-bond acceptors (Lipinski definition) is 7. The van der Waals surface area contributed by atoms with E-state index < -0.39 is 36.9 Å². The summed E-state index contributed by atoms with van der Waals surface area (Å²) in [6.07, 6.45) is -7.06. The molecule has 0 amide bonds. The van der Waals surface area contributed by atoms with Crippen molar-refractivity contribution < 1.29 is 30.3 Å². The molecule has 0 aromatic heterocycles. The molecule has 0 aromatic carbocycles. The second-order valence-corrected chi connectivity index (χ2v) is 3.11. The van der Waals surface area contributed by atoms with Gasteiger partial charge in [-0.2, -0.15) is 0 Å². The van der Waals surface area contributed by atoms with E-state index in [1.165, 1.54) is 0 Å². The summed E-state index contributed by atoms with van der Waals surface area (Å²) in [7, 11) is 0. The maximum Gasteiger partial charge on any atom is 0.200 e. The molecule has 0 radical (unpaired) electrons. The predicted octanol–water partition coefficient (Wildman–Crippen LogP) is -2.58. The van der Waals surface area contributed by atoms with Crippen molar-refractivity contribution in [2.45, 2.75) is 30.3 Å². The van der Waals surface area contributed by atoms with Crippen molar-refractivity contribution in [2.75, 3.05) is 6.61 Å². The summed E-state index contributed by atoms with van der Waals surface area (Å²) in [5, 5.41) is 48.9. The lowest BCUT2D eigenvalue weighted by atomic mass is 9.93. The van der Waals surface area contributed by atoms with Crippen molar-refractivity contribution in [3.05, 3.63) is 10.4 Å². The summed E-state index contributed by atoms with van der Waals surface area (Å²) < 4.78 is 4.57. The van der Waals surface area contributed by atoms with Gasteiger partial charge < -0.3 is 30.3 Å². The molecule has 0 aromatic rings. The molecule has 1 heterocycles. The van der Waals surface area contributed by atoms with Crippen LogP contribution in [-0.2, 0) is 4.74 Å². The fraction of sp³-hybridized carbons (Fsp3) is 1.00. The van der Waals surface area contributed by atoms with Crippen molar-refractivity contribution in [3.63, 3.8) is 0 Å². The summed E-state index contributed by atoms with van der Waals surface area (Å²) in [5.74, 6) is 0. The van der Waals surface area contributed by atoms with Gasteiger partial charge in [0.2, 0.25) is 5.72 Å². The molecule has 0 aliphatic carbocycles. The lowest BCUT2D eigenvalue weighted by Gasteiger charge is -2.43. The number of aliphatic hydroxyl groups is 5. The summed E-state index contributed by atoms with van der Waals surface area (Å²) in [6.45, 7) is -0.795. The van der Waals surface area contributed by atoms with Crippen LogP contribution in [-0.4, -0.2) is 62.5 Å². The zero-order valence-corrected chi connectivity index (χ0v) is 7.50. The highest BCUT2D eigenvalue weighted by molar-refractivity contribution is 4.99. The van der Waals surface area contributed by atoms with Crippen LogP contribution in [0.1, 0.15) is 0 Å². The first-order chi connectivity index (χ1) is 6.97. The molecule has 9 heteroatoms. The minimum absolute atomic E-state index is 0.795. The Morgan fingerprint density at radius 3 is 2.47 bits per heavy atom. The largest absolute Gasteiger partial charge is 0.394 e. The SMILES string of the molecule is [N-]=[N+]=N[C@]1(O)[C@H](O)[C@@H](O)[C@@H](O)O[C@@H]1CO. The number of ether oxygens (including phenoxy) is 1. The molecule has 0 saturated carbocycles. The van der Waals surface area contributed by atoms with E-state index in [0.717, 1.165) is 0 Å². The zero-order valence-electron chi connectivity index (χ0n) is 7.50. The van der Waals surface area contributed by atoms with Crippen molar-refractivity contribution in [2.24, 2.45) is 5.11 Å². The van der Waals surface area contributed by atoms with Crippen LogP contribution >= 0.6 is 0 Å². The van der Waals surface area contributed by atoms with Gasteiger partial charge in [-0.1, -0.05) is 5.11 Å². The zero-order chi connectivity index (χ0) is 11.6. The smallest absolute Gasteiger partial charge is 0.200 e. The van der Waals surface area contributed by atoms with Crippen LogP contribution in [0.3, 0.4) is 0 Å². The summed E-state index contributed by atoms with van der Waals surface area (Å²) in [5.41, 5.74) is 5.66. The molecule has 0 bridgehead atoms. The molecule has 0 spiro atoms. The Morgan fingerprint density at radius 1 is 1.40 bits per heavy atom. The van der Waals surface area contributed by atoms with E-state index in [2.05, 4.69) is 14.8 Å². The molecule has 5 N–H and O–H groups in total. The molecule has 1 saturated heterocycles. The molecule has 1 aliphatic heterocycles. The van der Waals surface area contributed by atoms with Crippen LogP contribution in [0.15, 0.2) is 5.11 Å². The lowest BCUT2D eigenvalue weighted by Crippen LogP contribution is -2.65. The first-order valence-corrected chi connectivity index (χ1v) is 4.06. The van der Waals surface area contributed by atoms with E-state index in [4.69, 9.17) is 15.7 Å². The topological polar surface area (TPSA) is 159 Å². The van der Waals surface area contributed by atoms with Gasteiger partial charge >= 0.3 is 0 Å². The molecule has 1 fully saturated rings. The van der Waals surface area contributed by atoms with Crippen molar-refractivity contribution >= 4 is 0 Å². The van der Waals surface area contributed by atoms with Gasteiger partial charge in [0.05, 0.1) is 6.61 Å². The fourth-order valence-corrected chi connectivity index (χ4v) is 1.32. The van der Waals surface area contributed by atoms with E-state index in [-0.39, 0.29) is 0 Å². The van der Waals surface area contributed by atoms with Crippen molar-refractivity contribution in [1.29, 1.82) is 0 Å².